The molecule has 146 valence electrons. The average molecular weight is 404 g/mol. The predicted molar refractivity (Wildman–Crippen MR) is 88.3 cm³/mol. The van der Waals surface area contributed by atoms with Crippen molar-refractivity contribution in [2.75, 3.05) is 5.73 Å². The van der Waals surface area contributed by atoms with Crippen LogP contribution in [0.5, 0.6) is 0 Å². The molecular weight excluding hydrogens is 389 g/mol. The number of aromatic nitrogens is 4. The van der Waals surface area contributed by atoms with Crippen LogP contribution in [0.1, 0.15) is 26.5 Å². The number of nitrogens with two attached hydrogens (primary N) is 1. The van der Waals surface area contributed by atoms with Gasteiger partial charge >= 0.3 is 17.6 Å². The molecule has 27 heavy (non-hydrogen) atoms. The number of nitrogens with zero attached hydrogens (tertiary/aromatic N) is 3. The van der Waals surface area contributed by atoms with Crippen LogP contribution in [-0.2, 0) is 23.8 Å². The van der Waals surface area contributed by atoms with Crippen LogP contribution in [-0.4, -0.2) is 50.0 Å². The minimum atomic E-state index is -2.04. The van der Waals surface area contributed by atoms with E-state index in [-0.39, 0.29) is 28.7 Å². The molecule has 1 saturated heterocycles. The molecule has 0 aliphatic carbocycles. The number of rotatable bonds is 4. The molecule has 0 radical (unpaired) electrons. The summed E-state index contributed by atoms with van der Waals surface area (Å²) in [6.45, 7) is 2.57. The quantitative estimate of drug-likeness (QED) is 0.546. The van der Waals surface area contributed by atoms with Crippen LogP contribution in [0.15, 0.2) is 4.79 Å². The molecule has 1 aliphatic heterocycles. The Labute approximate surface area is 155 Å². The highest BCUT2D eigenvalue weighted by Crippen LogP contribution is 2.35. The van der Waals surface area contributed by atoms with Gasteiger partial charge in [-0.3, -0.25) is 9.59 Å². The summed E-state index contributed by atoms with van der Waals surface area (Å²) >= 11 is 5.94. The van der Waals surface area contributed by atoms with Crippen LogP contribution in [0.4, 0.5) is 10.3 Å². The van der Waals surface area contributed by atoms with E-state index < -0.39 is 42.4 Å². The third kappa shape index (κ3) is 3.45. The number of halogens is 2. The molecule has 0 bridgehead atoms. The highest BCUT2D eigenvalue weighted by molar-refractivity contribution is 6.33. The van der Waals surface area contributed by atoms with E-state index in [2.05, 4.69) is 15.0 Å². The highest BCUT2D eigenvalue weighted by atomic mass is 35.5. The van der Waals surface area contributed by atoms with Gasteiger partial charge in [0.1, 0.15) is 5.52 Å². The first-order valence-electron chi connectivity index (χ1n) is 7.82. The van der Waals surface area contributed by atoms with Gasteiger partial charge in [0.05, 0.1) is 0 Å². The number of nitrogen functional groups attached to an aromatic ring is 1. The maximum absolute atomic E-state index is 14.8. The molecule has 0 amide bonds. The second-order valence-electron chi connectivity index (χ2n) is 5.63. The summed E-state index contributed by atoms with van der Waals surface area (Å²) < 4.78 is 30.8. The summed E-state index contributed by atoms with van der Waals surface area (Å²) in [6, 6.07) is 0. The third-order valence-electron chi connectivity index (χ3n) is 3.76. The lowest BCUT2D eigenvalue weighted by Gasteiger charge is -2.19. The molecule has 11 nitrogen and oxygen atoms in total. The Kier molecular flexibility index (Phi) is 5.02. The summed E-state index contributed by atoms with van der Waals surface area (Å²) in [6.07, 6.45) is -6.81. The summed E-state index contributed by atoms with van der Waals surface area (Å²) in [5, 5.41) is -0.138. The molecule has 0 spiro atoms. The molecule has 4 atom stereocenters. The van der Waals surface area contributed by atoms with Gasteiger partial charge in [0, 0.05) is 13.3 Å². The van der Waals surface area contributed by atoms with Gasteiger partial charge in [0.15, 0.2) is 23.1 Å². The first kappa shape index (κ1) is 19.0. The number of hydrogen-bond acceptors (Lipinski definition) is 9. The van der Waals surface area contributed by atoms with Gasteiger partial charge in [0.2, 0.25) is 18.4 Å². The van der Waals surface area contributed by atoms with Crippen molar-refractivity contribution < 1.29 is 28.2 Å². The van der Waals surface area contributed by atoms with Crippen molar-refractivity contribution in [3.05, 3.63) is 15.6 Å². The van der Waals surface area contributed by atoms with Gasteiger partial charge in [-0.2, -0.15) is 9.97 Å². The van der Waals surface area contributed by atoms with Crippen LogP contribution < -0.4 is 11.4 Å². The molecule has 13 heteroatoms. The summed E-state index contributed by atoms with van der Waals surface area (Å²) in [5.74, 6) is -1.79. The molecule has 1 fully saturated rings. The van der Waals surface area contributed by atoms with Crippen LogP contribution in [0, 0.1) is 0 Å². The molecule has 3 N–H and O–H groups in total. The van der Waals surface area contributed by atoms with Crippen molar-refractivity contribution in [3.63, 3.8) is 0 Å². The Balaban J connectivity index is 2.09. The standard InChI is InChI=1S/C14H15ClFN5O6/c1-3-5(23)26-12-6(16)8(25-4(2)22)11(27-12)21-10-7(18-14(21)24)9(15)19-13(17)20-10/h6,8,11-12H,3H2,1-2H3,(H,18,24)(H2,17,19,20)/t6-,8-,11-,12+/m1/s1. The van der Waals surface area contributed by atoms with Crippen molar-refractivity contribution in [1.29, 1.82) is 0 Å². The number of aromatic amines is 1. The SMILES string of the molecule is CCC(=O)O[C@H]1O[C@@H](n2c(=O)[nH]c3c(Cl)nc(N)nc32)[C@H](OC(C)=O)[C@H]1F. The number of alkyl halides is 1. The molecule has 2 aromatic rings. The van der Waals surface area contributed by atoms with Gasteiger partial charge in [0.25, 0.3) is 0 Å². The number of carbonyl (C=O) groups excluding carboxylic acids is 2. The van der Waals surface area contributed by atoms with E-state index in [1.807, 2.05) is 0 Å². The molecule has 3 rings (SSSR count). The first-order chi connectivity index (χ1) is 12.7. The van der Waals surface area contributed by atoms with Crippen LogP contribution in [0.25, 0.3) is 11.2 Å². The van der Waals surface area contributed by atoms with Gasteiger partial charge in [-0.15, -0.1) is 0 Å². The summed E-state index contributed by atoms with van der Waals surface area (Å²) in [4.78, 5) is 45.3. The number of hydrogen-bond donors (Lipinski definition) is 2. The maximum atomic E-state index is 14.8. The van der Waals surface area contributed by atoms with Crippen molar-refractivity contribution in [1.82, 2.24) is 19.5 Å². The lowest BCUT2D eigenvalue weighted by atomic mass is 10.2. The molecule has 2 aromatic heterocycles. The van der Waals surface area contributed by atoms with E-state index in [4.69, 9.17) is 31.5 Å². The fourth-order valence-corrected chi connectivity index (χ4v) is 2.87. The fourth-order valence-electron chi connectivity index (χ4n) is 2.65. The minimum absolute atomic E-state index is 0.0259. The van der Waals surface area contributed by atoms with Crippen molar-refractivity contribution in [2.45, 2.75) is 45.1 Å². The molecular formula is C14H15ClFN5O6. The molecule has 0 unspecified atom stereocenters. The number of H-pyrrole nitrogens is 1. The second-order valence-corrected chi connectivity index (χ2v) is 5.99. The summed E-state index contributed by atoms with van der Waals surface area (Å²) in [7, 11) is 0. The zero-order valence-corrected chi connectivity index (χ0v) is 14.9. The zero-order chi connectivity index (χ0) is 19.9. The van der Waals surface area contributed by atoms with Crippen molar-refractivity contribution >= 4 is 40.7 Å². The normalized spacial score (nSPS) is 24.9. The highest BCUT2D eigenvalue weighted by Gasteiger charge is 2.51. The van der Waals surface area contributed by atoms with E-state index >= 15 is 0 Å². The van der Waals surface area contributed by atoms with Gasteiger partial charge in [-0.05, 0) is 0 Å². The van der Waals surface area contributed by atoms with Crippen LogP contribution in [0.3, 0.4) is 0 Å². The maximum Gasteiger partial charge on any atom is 0.330 e. The monoisotopic (exact) mass is 403 g/mol. The van der Waals surface area contributed by atoms with E-state index in [1.165, 1.54) is 6.92 Å². The first-order valence-corrected chi connectivity index (χ1v) is 8.20. The van der Waals surface area contributed by atoms with E-state index in [0.29, 0.717) is 0 Å². The smallest absolute Gasteiger partial charge is 0.330 e. The number of esters is 2. The number of carbonyl (C=O) groups is 2. The van der Waals surface area contributed by atoms with Crippen LogP contribution >= 0.6 is 11.6 Å². The van der Waals surface area contributed by atoms with E-state index in [9.17, 15) is 18.8 Å². The fraction of sp³-hybridized carbons (Fsp3) is 0.500. The van der Waals surface area contributed by atoms with Gasteiger partial charge < -0.3 is 24.9 Å². The third-order valence-corrected chi connectivity index (χ3v) is 4.04. The molecule has 1 aliphatic rings. The topological polar surface area (TPSA) is 151 Å². The number of anilines is 1. The predicted octanol–water partition coefficient (Wildman–Crippen LogP) is 0.433. The zero-order valence-electron chi connectivity index (χ0n) is 14.1. The summed E-state index contributed by atoms with van der Waals surface area (Å²) in [5.41, 5.74) is 4.71. The Hall–Kier alpha value is -2.73. The lowest BCUT2D eigenvalue weighted by molar-refractivity contribution is -0.188. The Morgan fingerprint density at radius 1 is 1.41 bits per heavy atom. The van der Waals surface area contributed by atoms with Gasteiger partial charge in [-0.25, -0.2) is 13.8 Å². The molecule has 3 heterocycles. The number of fused-ring (bicyclic) bond motifs is 1. The molecule has 0 aromatic carbocycles. The number of nitrogens with one attached hydrogen (secondary N) is 1. The van der Waals surface area contributed by atoms with Crippen LogP contribution in [0.2, 0.25) is 5.15 Å². The van der Waals surface area contributed by atoms with Crippen molar-refractivity contribution in [2.24, 2.45) is 0 Å². The number of imidazole rings is 1. The minimum Gasteiger partial charge on any atom is -0.454 e. The second kappa shape index (κ2) is 7.12. The Bertz CT molecular complexity index is 961. The molecule has 0 saturated carbocycles. The van der Waals surface area contributed by atoms with E-state index in [0.717, 1.165) is 11.5 Å². The van der Waals surface area contributed by atoms with Crippen molar-refractivity contribution in [3.8, 4) is 0 Å². The average Bonchev–Trinajstić information content (AvgIpc) is 3.05. The largest absolute Gasteiger partial charge is 0.454 e. The van der Waals surface area contributed by atoms with Gasteiger partial charge in [-0.1, -0.05) is 18.5 Å². The lowest BCUT2D eigenvalue weighted by Crippen LogP contribution is -2.36. The number of ether oxygens (including phenoxy) is 3. The Morgan fingerprint density at radius 3 is 2.74 bits per heavy atom. The Morgan fingerprint density at radius 2 is 2.11 bits per heavy atom. The van der Waals surface area contributed by atoms with E-state index in [1.54, 1.807) is 0 Å².